The van der Waals surface area contributed by atoms with Crippen LogP contribution in [0.15, 0.2) is 109 Å². The van der Waals surface area contributed by atoms with Gasteiger partial charge in [-0.25, -0.2) is 0 Å². The van der Waals surface area contributed by atoms with E-state index in [-0.39, 0.29) is 0 Å². The molecule has 148 valence electrons. The molecule has 0 heterocycles. The topological polar surface area (TPSA) is 0 Å². The van der Waals surface area contributed by atoms with Crippen LogP contribution in [0.1, 0.15) is 11.1 Å². The van der Waals surface area contributed by atoms with Gasteiger partial charge in [0.25, 0.3) is 0 Å². The summed E-state index contributed by atoms with van der Waals surface area (Å²) >= 11 is 2.00. The molecular formula is C30H22S. The summed E-state index contributed by atoms with van der Waals surface area (Å²) in [5.41, 5.74) is 2.83. The van der Waals surface area contributed by atoms with Gasteiger partial charge in [0.1, 0.15) is 0 Å². The molecule has 0 nitrogen and oxygen atoms in total. The zero-order valence-corrected chi connectivity index (χ0v) is 18.0. The summed E-state index contributed by atoms with van der Waals surface area (Å²) in [6.07, 6.45) is 0. The first kappa shape index (κ1) is 18.5. The van der Waals surface area contributed by atoms with E-state index in [1.54, 1.807) is 0 Å². The van der Waals surface area contributed by atoms with Crippen molar-refractivity contribution < 1.29 is 0 Å². The Balaban J connectivity index is 1.31. The van der Waals surface area contributed by atoms with Gasteiger partial charge >= 0.3 is 0 Å². The van der Waals surface area contributed by atoms with Crippen molar-refractivity contribution in [1.29, 1.82) is 0 Å². The second kappa shape index (κ2) is 7.76. The van der Waals surface area contributed by atoms with Crippen molar-refractivity contribution in [2.75, 3.05) is 0 Å². The molecule has 1 heteroatoms. The summed E-state index contributed by atoms with van der Waals surface area (Å²) in [4.78, 5) is 0. The smallest absolute Gasteiger partial charge is 0.0194 e. The van der Waals surface area contributed by atoms with E-state index in [4.69, 9.17) is 0 Å². The largest absolute Gasteiger partial charge is 0.152 e. The summed E-state index contributed by atoms with van der Waals surface area (Å²) in [6.45, 7) is 0. The highest BCUT2D eigenvalue weighted by atomic mass is 32.2. The fraction of sp³-hybridized carbons (Fsp3) is 0.0667. The third-order valence-corrected chi connectivity index (χ3v) is 7.22. The van der Waals surface area contributed by atoms with E-state index in [1.165, 1.54) is 54.2 Å². The number of thioether (sulfide) groups is 1. The molecule has 0 spiro atoms. The van der Waals surface area contributed by atoms with Gasteiger partial charge in [0.15, 0.2) is 0 Å². The molecular weight excluding hydrogens is 392 g/mol. The molecule has 0 fully saturated rings. The van der Waals surface area contributed by atoms with Crippen LogP contribution in [0.4, 0.5) is 0 Å². The van der Waals surface area contributed by atoms with Crippen LogP contribution in [0.2, 0.25) is 0 Å². The van der Waals surface area contributed by atoms with E-state index >= 15 is 0 Å². The van der Waals surface area contributed by atoms with Crippen LogP contribution >= 0.6 is 11.8 Å². The molecule has 0 atom stereocenters. The van der Waals surface area contributed by atoms with Crippen LogP contribution in [-0.2, 0) is 11.5 Å². The molecule has 0 amide bonds. The molecule has 0 bridgehead atoms. The first-order valence-electron chi connectivity index (χ1n) is 10.7. The second-order valence-electron chi connectivity index (χ2n) is 8.17. The lowest BCUT2D eigenvalue weighted by Crippen LogP contribution is -1.88. The number of hydrogen-bond acceptors (Lipinski definition) is 1. The summed E-state index contributed by atoms with van der Waals surface area (Å²) in [5.74, 6) is 2.03. The van der Waals surface area contributed by atoms with Crippen molar-refractivity contribution in [3.05, 3.63) is 120 Å². The van der Waals surface area contributed by atoms with Gasteiger partial charge in [-0.15, -0.1) is 0 Å². The second-order valence-corrected chi connectivity index (χ2v) is 9.15. The van der Waals surface area contributed by atoms with Crippen LogP contribution in [0.3, 0.4) is 0 Å². The number of fused-ring (bicyclic) bond motifs is 4. The lowest BCUT2D eigenvalue weighted by molar-refractivity contribution is 1.41. The minimum absolute atomic E-state index is 1.01. The molecule has 31 heavy (non-hydrogen) atoms. The first-order valence-corrected chi connectivity index (χ1v) is 11.9. The Hall–Kier alpha value is -3.29. The van der Waals surface area contributed by atoms with E-state index in [2.05, 4.69) is 109 Å². The summed E-state index contributed by atoms with van der Waals surface area (Å²) in [6, 6.07) is 40.0. The van der Waals surface area contributed by atoms with Crippen molar-refractivity contribution in [3.63, 3.8) is 0 Å². The zero-order chi connectivity index (χ0) is 20.6. The lowest BCUT2D eigenvalue weighted by atomic mass is 10.0. The van der Waals surface area contributed by atoms with Gasteiger partial charge in [0.05, 0.1) is 0 Å². The monoisotopic (exact) mass is 414 g/mol. The van der Waals surface area contributed by atoms with Crippen LogP contribution in [0.25, 0.3) is 43.1 Å². The predicted octanol–water partition coefficient (Wildman–Crippen LogP) is 8.73. The van der Waals surface area contributed by atoms with Crippen LogP contribution in [0, 0.1) is 0 Å². The van der Waals surface area contributed by atoms with Gasteiger partial charge < -0.3 is 0 Å². The summed E-state index contributed by atoms with van der Waals surface area (Å²) in [7, 11) is 0. The van der Waals surface area contributed by atoms with Gasteiger partial charge in [-0.3, -0.25) is 0 Å². The minimum Gasteiger partial charge on any atom is -0.152 e. The van der Waals surface area contributed by atoms with E-state index in [0.29, 0.717) is 0 Å². The quantitative estimate of drug-likeness (QED) is 0.260. The van der Waals surface area contributed by atoms with Crippen LogP contribution in [0.5, 0.6) is 0 Å². The normalized spacial score (nSPS) is 11.6. The van der Waals surface area contributed by atoms with Crippen molar-refractivity contribution in [1.82, 2.24) is 0 Å². The van der Waals surface area contributed by atoms with Crippen molar-refractivity contribution in [2.24, 2.45) is 0 Å². The van der Waals surface area contributed by atoms with Crippen molar-refractivity contribution in [2.45, 2.75) is 11.5 Å². The Kier molecular flexibility index (Phi) is 4.62. The Morgan fingerprint density at radius 1 is 0.387 bits per heavy atom. The Labute approximate surface area is 186 Å². The molecule has 0 aliphatic heterocycles. The molecule has 0 aliphatic carbocycles. The maximum absolute atomic E-state index is 2.35. The predicted molar refractivity (Wildman–Crippen MR) is 138 cm³/mol. The molecule has 0 N–H and O–H groups in total. The van der Waals surface area contributed by atoms with E-state index in [9.17, 15) is 0 Å². The van der Waals surface area contributed by atoms with Crippen molar-refractivity contribution in [3.8, 4) is 0 Å². The highest BCUT2D eigenvalue weighted by molar-refractivity contribution is 7.97. The number of rotatable bonds is 4. The van der Waals surface area contributed by atoms with Crippen molar-refractivity contribution >= 4 is 54.9 Å². The Bertz CT molecular complexity index is 1440. The fourth-order valence-electron chi connectivity index (χ4n) is 4.59. The molecule has 0 saturated carbocycles. The number of hydrogen-bond donors (Lipinski definition) is 0. The molecule has 0 aliphatic rings. The van der Waals surface area contributed by atoms with Crippen LogP contribution < -0.4 is 0 Å². The highest BCUT2D eigenvalue weighted by Crippen LogP contribution is 2.31. The van der Waals surface area contributed by atoms with E-state index in [1.807, 2.05) is 11.8 Å². The molecule has 0 unspecified atom stereocenters. The lowest BCUT2D eigenvalue weighted by Gasteiger charge is -2.11. The molecule has 0 aromatic heterocycles. The molecule has 0 radical (unpaired) electrons. The van der Waals surface area contributed by atoms with Gasteiger partial charge in [0, 0.05) is 11.5 Å². The Morgan fingerprint density at radius 3 is 1.23 bits per heavy atom. The van der Waals surface area contributed by atoms with E-state index in [0.717, 1.165) is 11.5 Å². The minimum atomic E-state index is 1.01. The van der Waals surface area contributed by atoms with Gasteiger partial charge in [-0.2, -0.15) is 11.8 Å². The highest BCUT2D eigenvalue weighted by Gasteiger charge is 2.06. The first-order chi connectivity index (χ1) is 15.3. The van der Waals surface area contributed by atoms with Gasteiger partial charge in [-0.05, 0) is 78.5 Å². The molecule has 6 aromatic carbocycles. The van der Waals surface area contributed by atoms with Gasteiger partial charge in [-0.1, -0.05) is 84.9 Å². The summed E-state index contributed by atoms with van der Waals surface area (Å²) in [5, 5.41) is 10.6. The molecule has 6 aromatic rings. The SMILES string of the molecule is c1ccc2cc3c(CSCc4cccc5cc6ccccc6cc45)cccc3cc2c1. The third kappa shape index (κ3) is 3.45. The zero-order valence-electron chi connectivity index (χ0n) is 17.2. The maximum Gasteiger partial charge on any atom is 0.0194 e. The average molecular weight is 415 g/mol. The van der Waals surface area contributed by atoms with Gasteiger partial charge in [0.2, 0.25) is 0 Å². The average Bonchev–Trinajstić information content (AvgIpc) is 2.82. The standard InChI is InChI=1S/C30H22S/c1-3-9-23-17-29-25(15-21(23)7-1)11-5-13-27(29)19-31-20-28-14-6-12-26-16-22-8-2-4-10-24(22)18-30(26)28/h1-18H,19-20H2. The summed E-state index contributed by atoms with van der Waals surface area (Å²) < 4.78 is 0. The third-order valence-electron chi connectivity index (χ3n) is 6.19. The Morgan fingerprint density at radius 2 is 0.774 bits per heavy atom. The molecule has 6 rings (SSSR count). The maximum atomic E-state index is 2.35. The van der Waals surface area contributed by atoms with E-state index < -0.39 is 0 Å². The molecule has 0 saturated heterocycles. The number of benzene rings is 6. The van der Waals surface area contributed by atoms with Crippen LogP contribution in [-0.4, -0.2) is 0 Å². The fourth-order valence-corrected chi connectivity index (χ4v) is 5.63.